The Hall–Kier alpha value is -1.38. The van der Waals surface area contributed by atoms with Crippen molar-refractivity contribution in [3.8, 4) is 5.88 Å². The number of hydrogen-bond acceptors (Lipinski definition) is 3. The van der Waals surface area contributed by atoms with E-state index in [0.29, 0.717) is 6.61 Å². The molecule has 0 aromatic carbocycles. The van der Waals surface area contributed by atoms with E-state index in [1.165, 1.54) is 5.56 Å². The summed E-state index contributed by atoms with van der Waals surface area (Å²) in [6.45, 7) is 6.04. The van der Waals surface area contributed by atoms with Gasteiger partial charge in [0.25, 0.3) is 0 Å². The number of ether oxygens (including phenoxy) is 1. The molecule has 0 N–H and O–H groups in total. The van der Waals surface area contributed by atoms with Crippen LogP contribution in [0.15, 0.2) is 12.7 Å². The number of nitrogens with zero attached hydrogens (tertiary/aromatic N) is 2. The molecular weight excluding hydrogens is 176 g/mol. The van der Waals surface area contributed by atoms with E-state index >= 15 is 0 Å². The highest BCUT2D eigenvalue weighted by Gasteiger charge is 2.18. The lowest BCUT2D eigenvalue weighted by Gasteiger charge is -2.08. The average Bonchev–Trinajstić information content (AvgIpc) is 2.61. The molecule has 0 amide bonds. The van der Waals surface area contributed by atoms with E-state index in [9.17, 15) is 0 Å². The van der Waals surface area contributed by atoms with Crippen LogP contribution >= 0.6 is 0 Å². The van der Waals surface area contributed by atoms with Gasteiger partial charge in [-0.2, -0.15) is 4.98 Å². The summed E-state index contributed by atoms with van der Waals surface area (Å²) in [7, 11) is 0. The van der Waals surface area contributed by atoms with Crippen molar-refractivity contribution in [2.24, 2.45) is 0 Å². The molecule has 2 rings (SSSR count). The summed E-state index contributed by atoms with van der Waals surface area (Å²) in [5, 5.41) is 0. The van der Waals surface area contributed by atoms with Crippen molar-refractivity contribution in [3.05, 3.63) is 29.7 Å². The molecule has 0 spiro atoms. The summed E-state index contributed by atoms with van der Waals surface area (Å²) in [6.07, 6.45) is 5.00. The molecule has 1 aliphatic carbocycles. The second kappa shape index (κ2) is 3.78. The van der Waals surface area contributed by atoms with Crippen molar-refractivity contribution in [1.82, 2.24) is 9.97 Å². The summed E-state index contributed by atoms with van der Waals surface area (Å²) in [6, 6.07) is 0. The molecule has 0 saturated carbocycles. The Kier molecular flexibility index (Phi) is 2.48. The highest BCUT2D eigenvalue weighted by atomic mass is 16.5. The Balaban J connectivity index is 2.33. The van der Waals surface area contributed by atoms with Crippen molar-refractivity contribution in [3.63, 3.8) is 0 Å². The van der Waals surface area contributed by atoms with Crippen LogP contribution in [0.4, 0.5) is 0 Å². The fraction of sp³-hybridized carbons (Fsp3) is 0.455. The predicted octanol–water partition coefficient (Wildman–Crippen LogP) is 1.84. The Morgan fingerprint density at radius 1 is 1.43 bits per heavy atom. The summed E-state index contributed by atoms with van der Waals surface area (Å²) in [5.41, 5.74) is 2.36. The van der Waals surface area contributed by atoms with Crippen LogP contribution in [-0.2, 0) is 12.8 Å². The van der Waals surface area contributed by atoms with Crippen molar-refractivity contribution < 1.29 is 4.74 Å². The van der Waals surface area contributed by atoms with Crippen LogP contribution in [0.2, 0.25) is 0 Å². The summed E-state index contributed by atoms with van der Waals surface area (Å²) < 4.78 is 5.51. The number of rotatable bonds is 3. The molecule has 0 radical (unpaired) electrons. The van der Waals surface area contributed by atoms with Crippen LogP contribution in [0, 0.1) is 6.92 Å². The Morgan fingerprint density at radius 2 is 2.29 bits per heavy atom. The summed E-state index contributed by atoms with van der Waals surface area (Å²) in [5.74, 6) is 1.55. The first-order valence-corrected chi connectivity index (χ1v) is 4.91. The first kappa shape index (κ1) is 9.19. The zero-order chi connectivity index (χ0) is 9.97. The molecule has 1 aromatic heterocycles. The van der Waals surface area contributed by atoms with Gasteiger partial charge >= 0.3 is 0 Å². The molecule has 1 aromatic rings. The zero-order valence-electron chi connectivity index (χ0n) is 8.42. The first-order valence-electron chi connectivity index (χ1n) is 4.91. The SMILES string of the molecule is C=CCOc1nc(C)nc2c1CCC2. The van der Waals surface area contributed by atoms with Gasteiger partial charge in [-0.3, -0.25) is 0 Å². The first-order chi connectivity index (χ1) is 6.81. The van der Waals surface area contributed by atoms with Gasteiger partial charge < -0.3 is 4.74 Å². The predicted molar refractivity (Wildman–Crippen MR) is 54.5 cm³/mol. The molecule has 0 saturated heterocycles. The third-order valence-electron chi connectivity index (χ3n) is 2.34. The van der Waals surface area contributed by atoms with E-state index in [2.05, 4.69) is 16.5 Å². The maximum atomic E-state index is 5.51. The van der Waals surface area contributed by atoms with Gasteiger partial charge in [-0.15, -0.1) is 0 Å². The molecule has 1 aliphatic rings. The highest BCUT2D eigenvalue weighted by Crippen LogP contribution is 2.27. The van der Waals surface area contributed by atoms with E-state index in [1.54, 1.807) is 6.08 Å². The summed E-state index contributed by atoms with van der Waals surface area (Å²) >= 11 is 0. The lowest BCUT2D eigenvalue weighted by molar-refractivity contribution is 0.343. The molecule has 0 atom stereocenters. The van der Waals surface area contributed by atoms with E-state index in [0.717, 1.165) is 36.7 Å². The van der Waals surface area contributed by atoms with Crippen LogP contribution in [0.3, 0.4) is 0 Å². The number of aryl methyl sites for hydroxylation is 2. The minimum Gasteiger partial charge on any atom is -0.473 e. The van der Waals surface area contributed by atoms with Crippen molar-refractivity contribution in [2.45, 2.75) is 26.2 Å². The third kappa shape index (κ3) is 1.62. The molecule has 14 heavy (non-hydrogen) atoms. The fourth-order valence-corrected chi connectivity index (χ4v) is 1.77. The molecule has 0 bridgehead atoms. The average molecular weight is 190 g/mol. The van der Waals surface area contributed by atoms with Gasteiger partial charge in [0.2, 0.25) is 5.88 Å². The lowest BCUT2D eigenvalue weighted by atomic mass is 10.2. The largest absolute Gasteiger partial charge is 0.473 e. The minimum absolute atomic E-state index is 0.517. The van der Waals surface area contributed by atoms with Crippen LogP contribution in [0.25, 0.3) is 0 Å². The summed E-state index contributed by atoms with van der Waals surface area (Å²) in [4.78, 5) is 8.71. The van der Waals surface area contributed by atoms with E-state index < -0.39 is 0 Å². The monoisotopic (exact) mass is 190 g/mol. The number of aromatic nitrogens is 2. The Morgan fingerprint density at radius 3 is 3.07 bits per heavy atom. The highest BCUT2D eigenvalue weighted by molar-refractivity contribution is 5.34. The second-order valence-electron chi connectivity index (χ2n) is 3.45. The topological polar surface area (TPSA) is 35.0 Å². The zero-order valence-corrected chi connectivity index (χ0v) is 8.42. The maximum absolute atomic E-state index is 5.51. The molecular formula is C11H14N2O. The van der Waals surface area contributed by atoms with E-state index in [-0.39, 0.29) is 0 Å². The van der Waals surface area contributed by atoms with Crippen LogP contribution in [0.5, 0.6) is 5.88 Å². The molecule has 0 unspecified atom stereocenters. The van der Waals surface area contributed by atoms with Gasteiger partial charge in [0.05, 0.1) is 5.69 Å². The maximum Gasteiger partial charge on any atom is 0.220 e. The second-order valence-corrected chi connectivity index (χ2v) is 3.45. The number of hydrogen-bond donors (Lipinski definition) is 0. The van der Waals surface area contributed by atoms with Gasteiger partial charge in [-0.05, 0) is 26.2 Å². The molecule has 3 nitrogen and oxygen atoms in total. The third-order valence-corrected chi connectivity index (χ3v) is 2.34. The van der Waals surface area contributed by atoms with Crippen molar-refractivity contribution >= 4 is 0 Å². The Labute approximate surface area is 83.8 Å². The molecule has 74 valence electrons. The van der Waals surface area contributed by atoms with Crippen LogP contribution in [0.1, 0.15) is 23.5 Å². The van der Waals surface area contributed by atoms with Crippen LogP contribution in [-0.4, -0.2) is 16.6 Å². The normalized spacial score (nSPS) is 13.8. The Bertz CT molecular complexity index is 361. The molecule has 3 heteroatoms. The van der Waals surface area contributed by atoms with Gasteiger partial charge in [-0.25, -0.2) is 4.98 Å². The van der Waals surface area contributed by atoms with Crippen molar-refractivity contribution in [1.29, 1.82) is 0 Å². The lowest BCUT2D eigenvalue weighted by Crippen LogP contribution is -2.03. The van der Waals surface area contributed by atoms with E-state index in [1.807, 2.05) is 6.92 Å². The molecule has 1 heterocycles. The van der Waals surface area contributed by atoms with Gasteiger partial charge in [0.15, 0.2) is 0 Å². The smallest absolute Gasteiger partial charge is 0.220 e. The standard InChI is InChI=1S/C11H14N2O/c1-3-7-14-11-9-5-4-6-10(9)12-8(2)13-11/h3H,1,4-7H2,2H3. The van der Waals surface area contributed by atoms with Crippen molar-refractivity contribution in [2.75, 3.05) is 6.61 Å². The molecule has 0 aliphatic heterocycles. The fourth-order valence-electron chi connectivity index (χ4n) is 1.77. The quantitative estimate of drug-likeness (QED) is 0.682. The van der Waals surface area contributed by atoms with Gasteiger partial charge in [-0.1, -0.05) is 12.7 Å². The molecule has 0 fully saturated rings. The van der Waals surface area contributed by atoms with Gasteiger partial charge in [0, 0.05) is 5.56 Å². The van der Waals surface area contributed by atoms with Gasteiger partial charge in [0.1, 0.15) is 12.4 Å². The minimum atomic E-state index is 0.517. The van der Waals surface area contributed by atoms with Crippen LogP contribution < -0.4 is 4.74 Å². The van der Waals surface area contributed by atoms with E-state index in [4.69, 9.17) is 4.74 Å². The number of fused-ring (bicyclic) bond motifs is 1.